The molecule has 0 aromatic carbocycles. The lowest BCUT2D eigenvalue weighted by Gasteiger charge is -2.16. The van der Waals surface area contributed by atoms with E-state index in [1.54, 1.807) is 6.20 Å². The second-order valence-electron chi connectivity index (χ2n) is 4.32. The van der Waals surface area contributed by atoms with Crippen LogP contribution in [0.2, 0.25) is 0 Å². The van der Waals surface area contributed by atoms with Gasteiger partial charge in [0.25, 0.3) is 0 Å². The van der Waals surface area contributed by atoms with Crippen molar-refractivity contribution < 1.29 is 4.79 Å². The molecule has 0 bridgehead atoms. The minimum Gasteiger partial charge on any atom is -0.292 e. The molecule has 0 aliphatic carbocycles. The van der Waals surface area contributed by atoms with Crippen LogP contribution in [0.25, 0.3) is 0 Å². The second-order valence-corrected chi connectivity index (χ2v) is 5.22. The lowest BCUT2D eigenvalue weighted by molar-refractivity contribution is 0.0965. The third kappa shape index (κ3) is 3.68. The number of carbonyl (C=O) groups excluding carboxylic acids is 1. The van der Waals surface area contributed by atoms with E-state index >= 15 is 0 Å². The van der Waals surface area contributed by atoms with Gasteiger partial charge in [0, 0.05) is 18.0 Å². The fraction of sp³-hybridized carbons (Fsp3) is 0.600. The highest BCUT2D eigenvalue weighted by Gasteiger charge is 2.15. The topological polar surface area (TPSA) is 30.0 Å². The molecule has 2 nitrogen and oxygen atoms in total. The first-order valence-corrected chi connectivity index (χ1v) is 5.30. The molecule has 1 aromatic rings. The van der Waals surface area contributed by atoms with Gasteiger partial charge in [-0.25, -0.2) is 4.98 Å². The fourth-order valence-electron chi connectivity index (χ4n) is 0.957. The zero-order chi connectivity index (χ0) is 9.90. The van der Waals surface area contributed by atoms with Gasteiger partial charge in [-0.2, -0.15) is 0 Å². The molecule has 3 heteroatoms. The van der Waals surface area contributed by atoms with Crippen LogP contribution in [-0.2, 0) is 0 Å². The van der Waals surface area contributed by atoms with Crippen LogP contribution in [0, 0.1) is 5.41 Å². The summed E-state index contributed by atoms with van der Waals surface area (Å²) in [6, 6.07) is 0. The molecule has 0 saturated carbocycles. The van der Waals surface area contributed by atoms with Crippen molar-refractivity contribution in [2.45, 2.75) is 33.6 Å². The Labute approximate surface area is 83.0 Å². The standard InChI is InChI=1S/C10H15NOS/c1-10(2,3)5-4-8(12)9-11-6-7-13-9/h6-7H,4-5H2,1-3H3. The van der Waals surface area contributed by atoms with Crippen LogP contribution < -0.4 is 0 Å². The van der Waals surface area contributed by atoms with Crippen molar-refractivity contribution >= 4 is 17.1 Å². The quantitative estimate of drug-likeness (QED) is 0.697. The Morgan fingerprint density at radius 2 is 2.23 bits per heavy atom. The smallest absolute Gasteiger partial charge is 0.191 e. The molecule has 0 fully saturated rings. The van der Waals surface area contributed by atoms with Crippen LogP contribution in [0.3, 0.4) is 0 Å². The van der Waals surface area contributed by atoms with Gasteiger partial charge in [0.1, 0.15) is 0 Å². The van der Waals surface area contributed by atoms with Gasteiger partial charge in [-0.1, -0.05) is 20.8 Å². The predicted molar refractivity (Wildman–Crippen MR) is 55.1 cm³/mol. The largest absolute Gasteiger partial charge is 0.292 e. The molecule has 1 aromatic heterocycles. The molecule has 0 radical (unpaired) electrons. The van der Waals surface area contributed by atoms with E-state index in [2.05, 4.69) is 25.8 Å². The number of rotatable bonds is 3. The van der Waals surface area contributed by atoms with E-state index in [1.807, 2.05) is 5.38 Å². The molecule has 0 N–H and O–H groups in total. The molecular weight excluding hydrogens is 182 g/mol. The first-order valence-electron chi connectivity index (χ1n) is 4.42. The first kappa shape index (κ1) is 10.4. The minimum atomic E-state index is 0.171. The molecular formula is C10H15NOS. The van der Waals surface area contributed by atoms with E-state index < -0.39 is 0 Å². The Morgan fingerprint density at radius 1 is 1.54 bits per heavy atom. The number of aromatic nitrogens is 1. The van der Waals surface area contributed by atoms with Crippen LogP contribution in [0.5, 0.6) is 0 Å². The van der Waals surface area contributed by atoms with E-state index in [1.165, 1.54) is 11.3 Å². The normalized spacial score (nSPS) is 11.6. The lowest BCUT2D eigenvalue weighted by Crippen LogP contribution is -2.08. The fourth-order valence-corrected chi connectivity index (χ4v) is 1.56. The predicted octanol–water partition coefficient (Wildman–Crippen LogP) is 3.15. The summed E-state index contributed by atoms with van der Waals surface area (Å²) < 4.78 is 0. The van der Waals surface area contributed by atoms with E-state index in [-0.39, 0.29) is 11.2 Å². The third-order valence-corrected chi connectivity index (χ3v) is 2.59. The highest BCUT2D eigenvalue weighted by Crippen LogP contribution is 2.22. The Kier molecular flexibility index (Phi) is 3.20. The third-order valence-electron chi connectivity index (χ3n) is 1.77. The maximum absolute atomic E-state index is 11.5. The number of carbonyl (C=O) groups is 1. The van der Waals surface area contributed by atoms with E-state index in [0.29, 0.717) is 11.4 Å². The number of ketones is 1. The molecule has 0 amide bonds. The van der Waals surface area contributed by atoms with Crippen molar-refractivity contribution in [1.29, 1.82) is 0 Å². The zero-order valence-corrected chi connectivity index (χ0v) is 9.15. The van der Waals surface area contributed by atoms with E-state index in [0.717, 1.165) is 6.42 Å². The Bertz CT molecular complexity index is 272. The molecule has 0 atom stereocenters. The number of Topliss-reactive ketones (excluding diaryl/α,β-unsaturated/α-hetero) is 1. The molecule has 0 spiro atoms. The van der Waals surface area contributed by atoms with Gasteiger partial charge in [-0.3, -0.25) is 4.79 Å². The Hall–Kier alpha value is -0.700. The molecule has 0 unspecified atom stereocenters. The van der Waals surface area contributed by atoms with Gasteiger partial charge < -0.3 is 0 Å². The minimum absolute atomic E-state index is 0.171. The summed E-state index contributed by atoms with van der Waals surface area (Å²) in [6.07, 6.45) is 3.21. The molecule has 72 valence electrons. The molecule has 0 aliphatic heterocycles. The molecule has 1 heterocycles. The average molecular weight is 197 g/mol. The summed E-state index contributed by atoms with van der Waals surface area (Å²) in [4.78, 5) is 15.5. The van der Waals surface area contributed by atoms with Crippen molar-refractivity contribution in [3.8, 4) is 0 Å². The Morgan fingerprint density at radius 3 is 2.69 bits per heavy atom. The summed E-state index contributed by atoms with van der Waals surface area (Å²) in [5.41, 5.74) is 0.229. The number of nitrogens with zero attached hydrogens (tertiary/aromatic N) is 1. The van der Waals surface area contributed by atoms with Crippen LogP contribution in [0.15, 0.2) is 11.6 Å². The number of thiazole rings is 1. The SMILES string of the molecule is CC(C)(C)CCC(=O)c1nccs1. The van der Waals surface area contributed by atoms with Crippen molar-refractivity contribution in [2.24, 2.45) is 5.41 Å². The van der Waals surface area contributed by atoms with Crippen LogP contribution >= 0.6 is 11.3 Å². The van der Waals surface area contributed by atoms with Crippen LogP contribution in [0.4, 0.5) is 0 Å². The zero-order valence-electron chi connectivity index (χ0n) is 8.33. The van der Waals surface area contributed by atoms with Crippen molar-refractivity contribution in [1.82, 2.24) is 4.98 Å². The summed E-state index contributed by atoms with van der Waals surface area (Å²) >= 11 is 1.42. The highest BCUT2D eigenvalue weighted by molar-refractivity contribution is 7.11. The van der Waals surface area contributed by atoms with Crippen molar-refractivity contribution in [3.63, 3.8) is 0 Å². The molecule has 0 saturated heterocycles. The van der Waals surface area contributed by atoms with Crippen molar-refractivity contribution in [3.05, 3.63) is 16.6 Å². The molecule has 1 rings (SSSR count). The molecule has 0 aliphatic rings. The van der Waals surface area contributed by atoms with Gasteiger partial charge >= 0.3 is 0 Å². The molecule has 13 heavy (non-hydrogen) atoms. The lowest BCUT2D eigenvalue weighted by atomic mass is 9.90. The van der Waals surface area contributed by atoms with Crippen molar-refractivity contribution in [2.75, 3.05) is 0 Å². The van der Waals surface area contributed by atoms with Gasteiger partial charge in [-0.15, -0.1) is 11.3 Å². The van der Waals surface area contributed by atoms with Crippen LogP contribution in [0.1, 0.15) is 43.4 Å². The summed E-state index contributed by atoms with van der Waals surface area (Å²) in [5, 5.41) is 2.48. The summed E-state index contributed by atoms with van der Waals surface area (Å²) in [6.45, 7) is 6.42. The summed E-state index contributed by atoms with van der Waals surface area (Å²) in [5.74, 6) is 0.171. The van der Waals surface area contributed by atoms with E-state index in [4.69, 9.17) is 0 Å². The van der Waals surface area contributed by atoms with Gasteiger partial charge in [-0.05, 0) is 11.8 Å². The number of hydrogen-bond donors (Lipinski definition) is 0. The van der Waals surface area contributed by atoms with Crippen LogP contribution in [-0.4, -0.2) is 10.8 Å². The van der Waals surface area contributed by atoms with Gasteiger partial charge in [0.15, 0.2) is 10.8 Å². The number of hydrogen-bond acceptors (Lipinski definition) is 3. The average Bonchev–Trinajstić information content (AvgIpc) is 2.50. The monoisotopic (exact) mass is 197 g/mol. The first-order chi connectivity index (χ1) is 5.99. The van der Waals surface area contributed by atoms with E-state index in [9.17, 15) is 4.79 Å². The highest BCUT2D eigenvalue weighted by atomic mass is 32.1. The van der Waals surface area contributed by atoms with Gasteiger partial charge in [0.05, 0.1) is 0 Å². The summed E-state index contributed by atoms with van der Waals surface area (Å²) in [7, 11) is 0. The van der Waals surface area contributed by atoms with Gasteiger partial charge in [0.2, 0.25) is 0 Å². The maximum Gasteiger partial charge on any atom is 0.191 e. The maximum atomic E-state index is 11.5. The Balaban J connectivity index is 2.44. The second kappa shape index (κ2) is 4.01.